The van der Waals surface area contributed by atoms with Crippen molar-refractivity contribution in [2.24, 2.45) is 0 Å². The number of hydrogen-bond donors (Lipinski definition) is 1. The van der Waals surface area contributed by atoms with Crippen LogP contribution in [-0.2, 0) is 0 Å². The Hall–Kier alpha value is -2.61. The number of aromatic nitrogens is 6. The van der Waals surface area contributed by atoms with Crippen LogP contribution in [0.25, 0.3) is 5.95 Å². The van der Waals surface area contributed by atoms with Gasteiger partial charge in [-0.15, -0.1) is 0 Å². The lowest BCUT2D eigenvalue weighted by Gasteiger charge is -2.09. The minimum absolute atomic E-state index is 0.0118. The molecule has 7 nitrogen and oxygen atoms in total. The van der Waals surface area contributed by atoms with Gasteiger partial charge in [0.05, 0.1) is 0 Å². The van der Waals surface area contributed by atoms with Crippen LogP contribution in [0.2, 0.25) is 5.28 Å². The monoisotopic (exact) mass is 305 g/mol. The summed E-state index contributed by atoms with van der Waals surface area (Å²) in [6.45, 7) is 1.77. The van der Waals surface area contributed by atoms with Crippen LogP contribution in [-0.4, -0.2) is 29.7 Å². The van der Waals surface area contributed by atoms with E-state index in [4.69, 9.17) is 11.6 Å². The number of nitrogens with zero attached hydrogens (tertiary/aromatic N) is 6. The number of nitrogens with one attached hydrogen (secondary N) is 1. The van der Waals surface area contributed by atoms with Crippen LogP contribution in [0.1, 0.15) is 5.56 Å². The van der Waals surface area contributed by atoms with Crippen LogP contribution < -0.4 is 5.32 Å². The topological polar surface area (TPSA) is 81.4 Å². The van der Waals surface area contributed by atoms with Crippen molar-refractivity contribution in [1.29, 1.82) is 0 Å². The molecular weight excluding hydrogens is 297 g/mol. The summed E-state index contributed by atoms with van der Waals surface area (Å²) in [5.41, 5.74) is 1.39. The van der Waals surface area contributed by atoms with Crippen molar-refractivity contribution in [2.75, 3.05) is 5.32 Å². The molecule has 1 aromatic carbocycles. The van der Waals surface area contributed by atoms with Crippen LogP contribution in [0.4, 0.5) is 16.0 Å². The molecule has 3 aromatic rings. The molecule has 0 saturated carbocycles. The van der Waals surface area contributed by atoms with Gasteiger partial charge in [0, 0.05) is 5.69 Å². The fraction of sp³-hybridized carbons (Fsp3) is 0.0833. The highest BCUT2D eigenvalue weighted by molar-refractivity contribution is 6.28. The maximum absolute atomic E-state index is 13.1. The standard InChI is InChI=1S/C12H9ClFN7/c1-7-4-8(14)2-3-9(7)17-11-18-10(13)19-12(20-11)21-6-15-5-16-21/h2-6H,1H3,(H,17,18,19,20). The molecule has 0 spiro atoms. The first kappa shape index (κ1) is 13.4. The van der Waals surface area contributed by atoms with Gasteiger partial charge >= 0.3 is 0 Å². The van der Waals surface area contributed by atoms with Gasteiger partial charge in [0.25, 0.3) is 5.95 Å². The Morgan fingerprint density at radius 1 is 1.24 bits per heavy atom. The summed E-state index contributed by atoms with van der Waals surface area (Å²) < 4.78 is 14.4. The smallest absolute Gasteiger partial charge is 0.258 e. The highest BCUT2D eigenvalue weighted by atomic mass is 35.5. The third-order valence-corrected chi connectivity index (χ3v) is 2.82. The second-order valence-electron chi connectivity index (χ2n) is 4.15. The van der Waals surface area contributed by atoms with Gasteiger partial charge in [-0.25, -0.2) is 9.37 Å². The molecule has 0 amide bonds. The lowest BCUT2D eigenvalue weighted by molar-refractivity contribution is 0.627. The van der Waals surface area contributed by atoms with Crippen LogP contribution >= 0.6 is 11.6 Å². The molecule has 0 unspecified atom stereocenters. The molecule has 2 heterocycles. The minimum Gasteiger partial charge on any atom is -0.324 e. The number of anilines is 2. The highest BCUT2D eigenvalue weighted by Gasteiger charge is 2.09. The fourth-order valence-electron chi connectivity index (χ4n) is 1.70. The zero-order chi connectivity index (χ0) is 14.8. The maximum atomic E-state index is 13.1. The third-order valence-electron chi connectivity index (χ3n) is 2.65. The Kier molecular flexibility index (Phi) is 3.44. The van der Waals surface area contributed by atoms with E-state index in [2.05, 4.69) is 30.4 Å². The Morgan fingerprint density at radius 3 is 2.81 bits per heavy atom. The van der Waals surface area contributed by atoms with Crippen LogP contribution in [0.5, 0.6) is 0 Å². The molecule has 0 aliphatic heterocycles. The van der Waals surface area contributed by atoms with Crippen molar-refractivity contribution in [2.45, 2.75) is 6.92 Å². The molecule has 106 valence electrons. The zero-order valence-corrected chi connectivity index (χ0v) is 11.6. The van der Waals surface area contributed by atoms with Gasteiger partial charge in [-0.3, -0.25) is 0 Å². The van der Waals surface area contributed by atoms with E-state index in [1.54, 1.807) is 13.0 Å². The first-order valence-electron chi connectivity index (χ1n) is 5.91. The Balaban J connectivity index is 1.95. The molecule has 1 N–H and O–H groups in total. The highest BCUT2D eigenvalue weighted by Crippen LogP contribution is 2.20. The van der Waals surface area contributed by atoms with Crippen molar-refractivity contribution < 1.29 is 4.39 Å². The number of halogens is 2. The molecule has 3 rings (SSSR count). The van der Waals surface area contributed by atoms with Crippen LogP contribution in [0.3, 0.4) is 0 Å². The largest absolute Gasteiger partial charge is 0.324 e. The van der Waals surface area contributed by atoms with E-state index >= 15 is 0 Å². The third kappa shape index (κ3) is 2.95. The van der Waals surface area contributed by atoms with E-state index in [-0.39, 0.29) is 23.0 Å². The van der Waals surface area contributed by atoms with Gasteiger partial charge in [0.2, 0.25) is 11.2 Å². The molecule has 0 atom stereocenters. The fourth-order valence-corrected chi connectivity index (χ4v) is 1.85. The van der Waals surface area contributed by atoms with E-state index in [0.717, 1.165) is 0 Å². The molecule has 0 fully saturated rings. The molecule has 0 radical (unpaired) electrons. The molecule has 0 bridgehead atoms. The van der Waals surface area contributed by atoms with Crippen LogP contribution in [0.15, 0.2) is 30.9 Å². The average molecular weight is 306 g/mol. The normalized spacial score (nSPS) is 10.6. The molecular formula is C12H9ClFN7. The number of hydrogen-bond acceptors (Lipinski definition) is 6. The van der Waals surface area contributed by atoms with Crippen molar-refractivity contribution in [1.82, 2.24) is 29.7 Å². The second-order valence-corrected chi connectivity index (χ2v) is 4.49. The second kappa shape index (κ2) is 5.41. The number of benzene rings is 1. The lowest BCUT2D eigenvalue weighted by atomic mass is 10.2. The Bertz CT molecular complexity index is 775. The van der Waals surface area contributed by atoms with Crippen molar-refractivity contribution in [3.05, 3.63) is 47.5 Å². The van der Waals surface area contributed by atoms with Gasteiger partial charge < -0.3 is 5.32 Å². The lowest BCUT2D eigenvalue weighted by Crippen LogP contribution is -2.07. The van der Waals surface area contributed by atoms with E-state index in [1.807, 2.05) is 0 Å². The number of rotatable bonds is 3. The summed E-state index contributed by atoms with van der Waals surface area (Å²) in [6, 6.07) is 4.34. The van der Waals surface area contributed by atoms with Crippen molar-refractivity contribution in [3.8, 4) is 5.95 Å². The zero-order valence-electron chi connectivity index (χ0n) is 10.8. The summed E-state index contributed by atoms with van der Waals surface area (Å²) in [5.74, 6) is 0.153. The summed E-state index contributed by atoms with van der Waals surface area (Å²) >= 11 is 5.87. The predicted octanol–water partition coefficient (Wildman–Crippen LogP) is 2.30. The first-order chi connectivity index (χ1) is 10.1. The quantitative estimate of drug-likeness (QED) is 0.799. The first-order valence-corrected chi connectivity index (χ1v) is 6.29. The van der Waals surface area contributed by atoms with Gasteiger partial charge in [-0.2, -0.15) is 24.7 Å². The summed E-state index contributed by atoms with van der Waals surface area (Å²) in [6.07, 6.45) is 2.80. The van der Waals surface area contributed by atoms with E-state index in [1.165, 1.54) is 29.5 Å². The van der Waals surface area contributed by atoms with E-state index in [9.17, 15) is 4.39 Å². The molecule has 0 aliphatic rings. The average Bonchev–Trinajstić information content (AvgIpc) is 2.95. The Morgan fingerprint density at radius 2 is 2.10 bits per heavy atom. The van der Waals surface area contributed by atoms with Gasteiger partial charge in [-0.1, -0.05) is 0 Å². The van der Waals surface area contributed by atoms with Crippen LogP contribution in [0, 0.1) is 12.7 Å². The number of aryl methyl sites for hydroxylation is 1. The molecule has 0 aliphatic carbocycles. The SMILES string of the molecule is Cc1cc(F)ccc1Nc1nc(Cl)nc(-n2cncn2)n1. The minimum atomic E-state index is -0.310. The summed E-state index contributed by atoms with van der Waals surface area (Å²) in [4.78, 5) is 15.9. The molecule has 0 saturated heterocycles. The molecule has 21 heavy (non-hydrogen) atoms. The van der Waals surface area contributed by atoms with Gasteiger partial charge in [-0.05, 0) is 42.3 Å². The van der Waals surface area contributed by atoms with Gasteiger partial charge in [0.15, 0.2) is 0 Å². The van der Waals surface area contributed by atoms with Gasteiger partial charge in [0.1, 0.15) is 18.5 Å². The van der Waals surface area contributed by atoms with Crippen molar-refractivity contribution in [3.63, 3.8) is 0 Å². The van der Waals surface area contributed by atoms with Crippen molar-refractivity contribution >= 4 is 23.2 Å². The molecule has 2 aromatic heterocycles. The predicted molar refractivity (Wildman–Crippen MR) is 74.2 cm³/mol. The summed E-state index contributed by atoms with van der Waals surface area (Å²) in [5, 5.41) is 6.90. The molecule has 9 heteroatoms. The summed E-state index contributed by atoms with van der Waals surface area (Å²) in [7, 11) is 0. The Labute approximate surface area is 123 Å². The van der Waals surface area contributed by atoms with E-state index < -0.39 is 0 Å². The van der Waals surface area contributed by atoms with E-state index in [0.29, 0.717) is 11.3 Å². The maximum Gasteiger partial charge on any atom is 0.258 e.